The lowest BCUT2D eigenvalue weighted by Crippen LogP contribution is -2.58. The standard InChI is InChI=1S/C20H26O3/c1-12(2)14-5-6-18(3)7-8-19(4)15(17(14)18)9-16-13(11-21)10-20(19,22)23-16/h5-6,10-12,15-16,22H,7-9H2,1-4H3/t15-,16-,18-,19-,20?/m1/s1. The van der Waals surface area contributed by atoms with Gasteiger partial charge in [-0.3, -0.25) is 4.79 Å². The second kappa shape index (κ2) is 4.46. The highest BCUT2D eigenvalue weighted by atomic mass is 16.6. The SMILES string of the molecule is CC(C)C1=C2[C@H]3C[C@H]4OC(O)(C=C4C=O)[C@]3(C)CC[C@@]2(C)C=C1. The maximum atomic E-state index is 11.4. The summed E-state index contributed by atoms with van der Waals surface area (Å²) in [7, 11) is 0. The van der Waals surface area contributed by atoms with E-state index >= 15 is 0 Å². The third-order valence-corrected chi connectivity index (χ3v) is 6.92. The van der Waals surface area contributed by atoms with Crippen LogP contribution in [0.2, 0.25) is 0 Å². The molecule has 2 aliphatic carbocycles. The van der Waals surface area contributed by atoms with Gasteiger partial charge in [-0.15, -0.1) is 0 Å². The molecule has 1 saturated carbocycles. The highest BCUT2D eigenvalue weighted by molar-refractivity contribution is 5.76. The van der Waals surface area contributed by atoms with Crippen LogP contribution in [-0.4, -0.2) is 23.3 Å². The molecule has 2 heterocycles. The molecule has 23 heavy (non-hydrogen) atoms. The molecule has 0 aromatic carbocycles. The van der Waals surface area contributed by atoms with Crippen molar-refractivity contribution in [2.45, 2.75) is 58.8 Å². The topological polar surface area (TPSA) is 46.5 Å². The van der Waals surface area contributed by atoms with E-state index in [1.54, 1.807) is 6.08 Å². The van der Waals surface area contributed by atoms with Crippen molar-refractivity contribution in [3.8, 4) is 0 Å². The first-order valence-corrected chi connectivity index (χ1v) is 8.76. The Bertz CT molecular complexity index is 670. The molecule has 0 amide bonds. The smallest absolute Gasteiger partial charge is 0.192 e. The first-order valence-electron chi connectivity index (χ1n) is 8.76. The Morgan fingerprint density at radius 1 is 1.35 bits per heavy atom. The second-order valence-electron chi connectivity index (χ2n) is 8.55. The van der Waals surface area contributed by atoms with Crippen molar-refractivity contribution in [2.75, 3.05) is 0 Å². The van der Waals surface area contributed by atoms with E-state index in [4.69, 9.17) is 4.74 Å². The maximum Gasteiger partial charge on any atom is 0.192 e. The van der Waals surface area contributed by atoms with E-state index in [0.717, 1.165) is 25.5 Å². The molecule has 2 fully saturated rings. The van der Waals surface area contributed by atoms with Gasteiger partial charge in [0.2, 0.25) is 0 Å². The van der Waals surface area contributed by atoms with Crippen molar-refractivity contribution < 1.29 is 14.6 Å². The van der Waals surface area contributed by atoms with E-state index in [2.05, 4.69) is 39.8 Å². The predicted octanol–water partition coefficient (Wildman–Crippen LogP) is 3.55. The molecule has 1 saturated heterocycles. The maximum absolute atomic E-state index is 11.4. The van der Waals surface area contributed by atoms with Crippen LogP contribution in [0.1, 0.15) is 47.0 Å². The van der Waals surface area contributed by atoms with E-state index in [1.165, 1.54) is 11.1 Å². The number of aliphatic hydroxyl groups is 1. The van der Waals surface area contributed by atoms with E-state index < -0.39 is 5.79 Å². The Balaban J connectivity index is 1.87. The van der Waals surface area contributed by atoms with Crippen molar-refractivity contribution in [3.05, 3.63) is 34.9 Å². The molecule has 1 unspecified atom stereocenters. The Labute approximate surface area is 138 Å². The van der Waals surface area contributed by atoms with Crippen LogP contribution in [0.5, 0.6) is 0 Å². The van der Waals surface area contributed by atoms with Crippen LogP contribution in [0.3, 0.4) is 0 Å². The van der Waals surface area contributed by atoms with Crippen molar-refractivity contribution >= 4 is 6.29 Å². The van der Waals surface area contributed by atoms with Crippen molar-refractivity contribution in [1.82, 2.24) is 0 Å². The number of carbonyl (C=O) groups excluding carboxylic acids is 1. The largest absolute Gasteiger partial charge is 0.362 e. The van der Waals surface area contributed by atoms with E-state index in [9.17, 15) is 9.90 Å². The quantitative estimate of drug-likeness (QED) is 0.793. The fourth-order valence-corrected chi connectivity index (χ4v) is 5.37. The molecule has 124 valence electrons. The van der Waals surface area contributed by atoms with Crippen LogP contribution in [0.25, 0.3) is 0 Å². The second-order valence-corrected chi connectivity index (χ2v) is 8.55. The van der Waals surface area contributed by atoms with E-state index in [1.807, 2.05) is 0 Å². The summed E-state index contributed by atoms with van der Waals surface area (Å²) in [6.45, 7) is 8.94. The molecule has 4 rings (SSSR count). The molecule has 2 aliphatic heterocycles. The lowest BCUT2D eigenvalue weighted by Gasteiger charge is -2.57. The monoisotopic (exact) mass is 314 g/mol. The summed E-state index contributed by atoms with van der Waals surface area (Å²) >= 11 is 0. The van der Waals surface area contributed by atoms with Crippen molar-refractivity contribution in [2.24, 2.45) is 22.7 Å². The van der Waals surface area contributed by atoms with Gasteiger partial charge in [-0.2, -0.15) is 0 Å². The molecule has 1 N–H and O–H groups in total. The minimum Gasteiger partial charge on any atom is -0.362 e. The summed E-state index contributed by atoms with van der Waals surface area (Å²) in [4.78, 5) is 11.4. The molecule has 2 bridgehead atoms. The molecular formula is C20H26O3. The Morgan fingerprint density at radius 3 is 2.74 bits per heavy atom. The van der Waals surface area contributed by atoms with E-state index in [-0.39, 0.29) is 22.9 Å². The molecular weight excluding hydrogens is 288 g/mol. The van der Waals surface area contributed by atoms with Crippen molar-refractivity contribution in [1.29, 1.82) is 0 Å². The normalized spacial score (nSPS) is 47.7. The van der Waals surface area contributed by atoms with Gasteiger partial charge in [0, 0.05) is 16.4 Å². The summed E-state index contributed by atoms with van der Waals surface area (Å²) < 4.78 is 5.93. The van der Waals surface area contributed by atoms with Crippen LogP contribution in [0, 0.1) is 22.7 Å². The summed E-state index contributed by atoms with van der Waals surface area (Å²) in [5.74, 6) is -0.583. The highest BCUT2D eigenvalue weighted by Gasteiger charge is 2.64. The van der Waals surface area contributed by atoms with Crippen molar-refractivity contribution in [3.63, 3.8) is 0 Å². The van der Waals surface area contributed by atoms with Gasteiger partial charge < -0.3 is 9.84 Å². The Morgan fingerprint density at radius 2 is 2.09 bits per heavy atom. The number of ether oxygens (including phenoxy) is 1. The first-order chi connectivity index (χ1) is 10.7. The lowest BCUT2D eigenvalue weighted by atomic mass is 9.52. The summed E-state index contributed by atoms with van der Waals surface area (Å²) in [6, 6.07) is 0. The number of aldehydes is 1. The zero-order valence-electron chi connectivity index (χ0n) is 14.4. The van der Waals surface area contributed by atoms with Crippen LogP contribution >= 0.6 is 0 Å². The van der Waals surface area contributed by atoms with Gasteiger partial charge in [0.1, 0.15) is 6.29 Å². The summed E-state index contributed by atoms with van der Waals surface area (Å²) in [5.41, 5.74) is 3.24. The molecule has 4 aliphatic rings. The number of allylic oxidation sites excluding steroid dienone is 4. The number of hydrogen-bond acceptors (Lipinski definition) is 3. The predicted molar refractivity (Wildman–Crippen MR) is 88.5 cm³/mol. The van der Waals surface area contributed by atoms with Gasteiger partial charge in [0.25, 0.3) is 0 Å². The average Bonchev–Trinajstić information content (AvgIpc) is 2.98. The Hall–Kier alpha value is -1.19. The van der Waals surface area contributed by atoms with Crippen LogP contribution < -0.4 is 0 Å². The van der Waals surface area contributed by atoms with Gasteiger partial charge in [-0.25, -0.2) is 0 Å². The van der Waals surface area contributed by atoms with Crippen LogP contribution in [0.4, 0.5) is 0 Å². The zero-order chi connectivity index (χ0) is 16.6. The lowest BCUT2D eigenvalue weighted by molar-refractivity contribution is -0.287. The van der Waals surface area contributed by atoms with Crippen LogP contribution in [-0.2, 0) is 9.53 Å². The Kier molecular flexibility index (Phi) is 2.97. The molecule has 3 heteroatoms. The minimum absolute atomic E-state index is 0.0955. The van der Waals surface area contributed by atoms with Gasteiger partial charge in [0.05, 0.1) is 6.10 Å². The van der Waals surface area contributed by atoms with E-state index in [0.29, 0.717) is 11.5 Å². The summed E-state index contributed by atoms with van der Waals surface area (Å²) in [6.07, 6.45) is 9.64. The number of fused-ring (bicyclic) bond motifs is 6. The fourth-order valence-electron chi connectivity index (χ4n) is 5.37. The van der Waals surface area contributed by atoms with Crippen LogP contribution in [0.15, 0.2) is 34.9 Å². The first kappa shape index (κ1) is 15.3. The number of hydrogen-bond donors (Lipinski definition) is 1. The third-order valence-electron chi connectivity index (χ3n) is 6.92. The average molecular weight is 314 g/mol. The molecule has 0 spiro atoms. The van der Waals surface area contributed by atoms with Gasteiger partial charge in [-0.1, -0.05) is 45.4 Å². The number of carbonyl (C=O) groups is 1. The number of rotatable bonds is 2. The molecule has 3 nitrogen and oxygen atoms in total. The minimum atomic E-state index is -1.31. The molecule has 0 aromatic rings. The highest BCUT2D eigenvalue weighted by Crippen LogP contribution is 2.66. The van der Waals surface area contributed by atoms with Gasteiger partial charge >= 0.3 is 0 Å². The molecule has 5 atom stereocenters. The van der Waals surface area contributed by atoms with Gasteiger partial charge in [-0.05, 0) is 42.7 Å². The third kappa shape index (κ3) is 1.75. The zero-order valence-corrected chi connectivity index (χ0v) is 14.4. The summed E-state index contributed by atoms with van der Waals surface area (Å²) in [5, 5.41) is 11.2. The molecule has 0 radical (unpaired) electrons. The van der Waals surface area contributed by atoms with Gasteiger partial charge in [0.15, 0.2) is 5.79 Å². The molecule has 0 aromatic heterocycles. The fraction of sp³-hybridized carbons (Fsp3) is 0.650.